The van der Waals surface area contributed by atoms with Crippen LogP contribution in [-0.4, -0.2) is 45.3 Å². The topological polar surface area (TPSA) is 70.0 Å². The average molecular weight is 541 g/mol. The number of nitrogens with zero attached hydrogens (tertiary/aromatic N) is 1. The van der Waals surface area contributed by atoms with E-state index in [2.05, 4.69) is 55.4 Å². The van der Waals surface area contributed by atoms with E-state index in [0.29, 0.717) is 30.2 Å². The second-order valence-electron chi connectivity index (χ2n) is 16.6. The van der Waals surface area contributed by atoms with Gasteiger partial charge in [-0.1, -0.05) is 41.5 Å². The summed E-state index contributed by atoms with van der Waals surface area (Å²) < 4.78 is 6.76. The molecule has 5 nitrogen and oxygen atoms in total. The van der Waals surface area contributed by atoms with Gasteiger partial charge in [-0.05, 0) is 112 Å². The highest BCUT2D eigenvalue weighted by atomic mass is 16.5. The van der Waals surface area contributed by atoms with Gasteiger partial charge in [-0.15, -0.1) is 0 Å². The van der Waals surface area contributed by atoms with Gasteiger partial charge in [0.1, 0.15) is 12.2 Å². The molecule has 1 saturated heterocycles. The predicted molar refractivity (Wildman–Crippen MR) is 153 cm³/mol. The minimum absolute atomic E-state index is 0.0312. The molecule has 1 amide bonds. The quantitative estimate of drug-likeness (QED) is 0.430. The maximum atomic E-state index is 12.9. The molecule has 2 spiro atoms. The molecule has 0 bridgehead atoms. The maximum absolute atomic E-state index is 12.9. The van der Waals surface area contributed by atoms with Crippen molar-refractivity contribution in [1.82, 2.24) is 4.90 Å². The molecule has 6 aliphatic rings. The zero-order chi connectivity index (χ0) is 28.6. The molecule has 2 N–H and O–H groups in total. The maximum Gasteiger partial charge on any atom is 0.222 e. The summed E-state index contributed by atoms with van der Waals surface area (Å²) in [6.07, 6.45) is 10.2. The molecule has 5 saturated carbocycles. The smallest absolute Gasteiger partial charge is 0.222 e. The van der Waals surface area contributed by atoms with Crippen molar-refractivity contribution >= 4 is 5.91 Å². The van der Waals surface area contributed by atoms with Crippen molar-refractivity contribution in [3.63, 3.8) is 0 Å². The first-order chi connectivity index (χ1) is 18.0. The van der Waals surface area contributed by atoms with Gasteiger partial charge in [-0.2, -0.15) is 0 Å². The fourth-order valence-electron chi connectivity index (χ4n) is 11.7. The van der Waals surface area contributed by atoms with E-state index in [0.717, 1.165) is 50.7 Å². The predicted octanol–water partition coefficient (Wildman–Crippen LogP) is 6.48. The van der Waals surface area contributed by atoms with E-state index in [-0.39, 0.29) is 45.1 Å². The van der Waals surface area contributed by atoms with Crippen LogP contribution in [0.2, 0.25) is 0 Å². The Kier molecular flexibility index (Phi) is 6.18. The summed E-state index contributed by atoms with van der Waals surface area (Å²) in [4.78, 5) is 14.8. The zero-order valence-corrected chi connectivity index (χ0v) is 26.1. The Morgan fingerprint density at radius 2 is 1.77 bits per heavy atom. The monoisotopic (exact) mass is 540 g/mol. The van der Waals surface area contributed by atoms with Crippen LogP contribution in [0, 0.1) is 63.0 Å². The number of aliphatic hydroxyl groups excluding tert-OH is 2. The summed E-state index contributed by atoms with van der Waals surface area (Å²) in [6, 6.07) is 0. The molecule has 3 radical (unpaired) electrons. The first-order valence-corrected chi connectivity index (χ1v) is 15.9. The molecule has 6 rings (SSSR count). The van der Waals surface area contributed by atoms with Gasteiger partial charge in [-0.3, -0.25) is 4.79 Å². The molecule has 5 aliphatic carbocycles. The average Bonchev–Trinajstić information content (AvgIpc) is 3.49. The van der Waals surface area contributed by atoms with Crippen molar-refractivity contribution in [2.45, 2.75) is 138 Å². The van der Waals surface area contributed by atoms with Crippen LogP contribution in [0.25, 0.3) is 0 Å². The summed E-state index contributed by atoms with van der Waals surface area (Å²) in [5.74, 6) is 2.94. The Hall–Kier alpha value is -0.650. The van der Waals surface area contributed by atoms with Gasteiger partial charge < -0.3 is 19.8 Å². The fraction of sp³-hybridized carbons (Fsp3) is 0.882. The molecule has 0 unspecified atom stereocenters. The summed E-state index contributed by atoms with van der Waals surface area (Å²) in [5.41, 5.74) is -0.116. The molecule has 1 aliphatic heterocycles. The van der Waals surface area contributed by atoms with Gasteiger partial charge in [0, 0.05) is 23.3 Å². The van der Waals surface area contributed by atoms with Crippen molar-refractivity contribution in [2.24, 2.45) is 44.8 Å². The molecule has 9 atom stereocenters. The van der Waals surface area contributed by atoms with Gasteiger partial charge in [-0.25, -0.2) is 0 Å². The lowest BCUT2D eigenvalue weighted by atomic mass is 9.41. The summed E-state index contributed by atoms with van der Waals surface area (Å²) in [5, 5.41) is 23.3. The molecule has 0 aromatic carbocycles. The Morgan fingerprint density at radius 1 is 1.08 bits per heavy atom. The summed E-state index contributed by atoms with van der Waals surface area (Å²) in [6.45, 7) is 20.5. The number of fused-ring (bicyclic) bond motifs is 4. The van der Waals surface area contributed by atoms with E-state index in [1.165, 1.54) is 12.8 Å². The van der Waals surface area contributed by atoms with Crippen molar-refractivity contribution in [1.29, 1.82) is 0 Å². The van der Waals surface area contributed by atoms with E-state index in [9.17, 15) is 15.0 Å². The highest BCUT2D eigenvalue weighted by Gasteiger charge is 2.85. The Balaban J connectivity index is 1.30. The highest BCUT2D eigenvalue weighted by molar-refractivity contribution is 5.76. The second kappa shape index (κ2) is 8.47. The van der Waals surface area contributed by atoms with E-state index < -0.39 is 6.10 Å². The SMILES string of the molecule is CCC(=O)N(C[C]1C[C@@H](C)[C@H]2[C](O1)[C@H](O)[C@@]1(C)[C]3CC[C@H]4C(C)(C)[C@@H](O)CC[C@@]45C[C@@]35CC[C@]21C)C(C)(C)C. The number of hydrogen-bond acceptors (Lipinski definition) is 4. The van der Waals surface area contributed by atoms with Crippen molar-refractivity contribution in [2.75, 3.05) is 6.54 Å². The minimum Gasteiger partial charge on any atom is -0.393 e. The first-order valence-electron chi connectivity index (χ1n) is 15.9. The van der Waals surface area contributed by atoms with Gasteiger partial charge in [0.2, 0.25) is 5.91 Å². The van der Waals surface area contributed by atoms with Crippen LogP contribution < -0.4 is 0 Å². The van der Waals surface area contributed by atoms with Crippen LogP contribution in [0.3, 0.4) is 0 Å². The Morgan fingerprint density at radius 3 is 2.41 bits per heavy atom. The van der Waals surface area contributed by atoms with Crippen LogP contribution in [0.5, 0.6) is 0 Å². The van der Waals surface area contributed by atoms with Gasteiger partial charge in [0.25, 0.3) is 0 Å². The van der Waals surface area contributed by atoms with E-state index in [1.807, 2.05) is 11.8 Å². The largest absolute Gasteiger partial charge is 0.393 e. The van der Waals surface area contributed by atoms with Crippen LogP contribution in [0.1, 0.15) is 120 Å². The lowest BCUT2D eigenvalue weighted by Gasteiger charge is -2.63. The number of carbonyl (C=O) groups is 1. The number of amides is 1. The van der Waals surface area contributed by atoms with Crippen molar-refractivity contribution < 1.29 is 19.7 Å². The summed E-state index contributed by atoms with van der Waals surface area (Å²) >= 11 is 0. The molecule has 0 aromatic rings. The molecular weight excluding hydrogens is 486 g/mol. The van der Waals surface area contributed by atoms with Crippen LogP contribution in [0.15, 0.2) is 0 Å². The van der Waals surface area contributed by atoms with Crippen molar-refractivity contribution in [3.05, 3.63) is 18.1 Å². The molecule has 1 heterocycles. The van der Waals surface area contributed by atoms with Crippen LogP contribution in [0.4, 0.5) is 0 Å². The zero-order valence-electron chi connectivity index (χ0n) is 26.1. The number of hydrogen-bond donors (Lipinski definition) is 2. The minimum atomic E-state index is -0.612. The number of aliphatic hydroxyl groups is 2. The third kappa shape index (κ3) is 3.39. The van der Waals surface area contributed by atoms with Crippen LogP contribution >= 0.6 is 0 Å². The van der Waals surface area contributed by atoms with Gasteiger partial charge in [0.15, 0.2) is 0 Å². The number of carbonyl (C=O) groups excluding carboxylic acids is 1. The molecule has 0 aromatic heterocycles. The normalized spacial score (nSPS) is 49.4. The lowest BCUT2D eigenvalue weighted by Crippen LogP contribution is -2.58. The molecule has 39 heavy (non-hydrogen) atoms. The molecular formula is C34H54NO4. The number of ether oxygens (including phenoxy) is 1. The Labute approximate surface area is 237 Å². The highest BCUT2D eigenvalue weighted by Crippen LogP contribution is 2.90. The van der Waals surface area contributed by atoms with E-state index in [4.69, 9.17) is 4.74 Å². The lowest BCUT2D eigenvalue weighted by molar-refractivity contribution is -0.137. The van der Waals surface area contributed by atoms with E-state index >= 15 is 0 Å². The van der Waals surface area contributed by atoms with E-state index in [1.54, 1.807) is 5.92 Å². The third-order valence-corrected chi connectivity index (χ3v) is 13.8. The van der Waals surface area contributed by atoms with Crippen molar-refractivity contribution in [3.8, 4) is 0 Å². The molecule has 6 fully saturated rings. The summed E-state index contributed by atoms with van der Waals surface area (Å²) in [7, 11) is 0. The third-order valence-electron chi connectivity index (χ3n) is 13.8. The molecule has 5 heteroatoms. The fourth-order valence-corrected chi connectivity index (χ4v) is 11.7. The molecule has 219 valence electrons. The second-order valence-corrected chi connectivity index (χ2v) is 16.6. The number of rotatable bonds is 3. The van der Waals surface area contributed by atoms with Gasteiger partial charge >= 0.3 is 0 Å². The Bertz CT molecular complexity index is 1020. The standard InChI is InChI=1S/C34H54NO4/c1-10-25(37)35(29(3,4)5)18-21-17-20(2)26-27(39-21)28(38)32(9)23-12-11-22-30(6,7)24(36)13-14-33(22)19-34(23,33)16-15-31(26,32)8/h20,22,24,26,28,36,38H,10-19H2,1-9H3/t20-,22+,24+,26+,28+,31-,32-,33-,34+/m1/s1. The van der Waals surface area contributed by atoms with Crippen LogP contribution in [-0.2, 0) is 9.53 Å². The first kappa shape index (κ1) is 28.5. The van der Waals surface area contributed by atoms with Gasteiger partial charge in [0.05, 0.1) is 18.8 Å².